The summed E-state index contributed by atoms with van der Waals surface area (Å²) in [5, 5.41) is 8.06. The molecule has 0 aliphatic rings. The molecule has 1 heterocycles. The summed E-state index contributed by atoms with van der Waals surface area (Å²) < 4.78 is 18.7. The van der Waals surface area contributed by atoms with E-state index in [1.165, 1.54) is 0 Å². The lowest BCUT2D eigenvalue weighted by Gasteiger charge is -2.10. The molecule has 3 aromatic rings. The number of hydrogen-bond donors (Lipinski definition) is 0. The topological polar surface area (TPSA) is 75.5 Å². The highest BCUT2D eigenvalue weighted by atomic mass is 79.9. The highest BCUT2D eigenvalue weighted by molar-refractivity contribution is 9.10. The Hall–Kier alpha value is -2.87. The fourth-order valence-electron chi connectivity index (χ4n) is 2.51. The number of hydrogen-bond acceptors (Lipinski definition) is 6. The molecule has 0 N–H and O–H groups in total. The Bertz CT molecular complexity index is 924. The normalized spacial score (nSPS) is 10.5. The number of esters is 1. The van der Waals surface area contributed by atoms with Gasteiger partial charge in [-0.25, -0.2) is 9.48 Å². The number of nitrogens with zero attached hydrogens (tertiary/aromatic N) is 3. The van der Waals surface area contributed by atoms with Crippen molar-refractivity contribution in [3.8, 4) is 11.6 Å². The van der Waals surface area contributed by atoms with Crippen molar-refractivity contribution in [1.29, 1.82) is 0 Å². The monoisotopic (exact) mass is 445 g/mol. The predicted molar refractivity (Wildman–Crippen MR) is 107 cm³/mol. The maximum atomic E-state index is 12.2. The minimum atomic E-state index is -0.561. The summed E-state index contributed by atoms with van der Waals surface area (Å²) in [6.07, 6.45) is 0. The van der Waals surface area contributed by atoms with Crippen LogP contribution in [0.3, 0.4) is 0 Å². The molecule has 0 atom stereocenters. The van der Waals surface area contributed by atoms with Crippen LogP contribution in [0.5, 0.6) is 11.6 Å². The van der Waals surface area contributed by atoms with Gasteiger partial charge >= 0.3 is 5.97 Å². The molecule has 146 valence electrons. The molecule has 7 nitrogen and oxygen atoms in total. The van der Waals surface area contributed by atoms with E-state index in [1.54, 1.807) is 18.7 Å². The van der Waals surface area contributed by atoms with Gasteiger partial charge in [0.2, 0.25) is 11.6 Å². The lowest BCUT2D eigenvalue weighted by molar-refractivity contribution is 0.0513. The molecule has 0 fully saturated rings. The average Bonchev–Trinajstić information content (AvgIpc) is 3.11. The van der Waals surface area contributed by atoms with Crippen molar-refractivity contribution in [1.82, 2.24) is 15.0 Å². The standard InChI is InChI=1S/C20H20BrN3O4/c1-3-27-20(25)18-19(28-13-15-4-8-16(21)9-5-15)24(23-22-18)12-14-6-10-17(26-2)11-7-14/h4-11H,3,12-13H2,1-2H3. The van der Waals surface area contributed by atoms with Gasteiger partial charge in [0, 0.05) is 4.47 Å². The molecule has 0 bridgehead atoms. The van der Waals surface area contributed by atoms with E-state index in [0.29, 0.717) is 6.54 Å². The molecule has 0 saturated carbocycles. The van der Waals surface area contributed by atoms with Gasteiger partial charge < -0.3 is 14.2 Å². The number of aromatic nitrogens is 3. The van der Waals surface area contributed by atoms with Crippen LogP contribution in [0.2, 0.25) is 0 Å². The Morgan fingerprint density at radius 1 is 1.07 bits per heavy atom. The van der Waals surface area contributed by atoms with Gasteiger partial charge in [0.05, 0.1) is 20.3 Å². The van der Waals surface area contributed by atoms with E-state index in [4.69, 9.17) is 14.2 Å². The number of methoxy groups -OCH3 is 1. The van der Waals surface area contributed by atoms with E-state index < -0.39 is 5.97 Å². The molecule has 0 saturated heterocycles. The van der Waals surface area contributed by atoms with Gasteiger partial charge in [-0.05, 0) is 42.3 Å². The van der Waals surface area contributed by atoms with Crippen LogP contribution in [-0.2, 0) is 17.9 Å². The molecule has 0 aliphatic heterocycles. The number of rotatable bonds is 8. The van der Waals surface area contributed by atoms with Crippen molar-refractivity contribution >= 4 is 21.9 Å². The van der Waals surface area contributed by atoms with Gasteiger partial charge in [0.1, 0.15) is 12.4 Å². The second kappa shape index (κ2) is 9.36. The molecule has 2 aromatic carbocycles. The summed E-state index contributed by atoms with van der Waals surface area (Å²) in [5.74, 6) is 0.479. The molecule has 0 radical (unpaired) electrons. The molecule has 3 rings (SSSR count). The van der Waals surface area contributed by atoms with E-state index >= 15 is 0 Å². The summed E-state index contributed by atoms with van der Waals surface area (Å²) in [7, 11) is 1.62. The minimum absolute atomic E-state index is 0.0625. The van der Waals surface area contributed by atoms with Crippen LogP contribution in [0.1, 0.15) is 28.5 Å². The van der Waals surface area contributed by atoms with Crippen LogP contribution >= 0.6 is 15.9 Å². The molecule has 8 heteroatoms. The van der Waals surface area contributed by atoms with Crippen molar-refractivity contribution in [2.45, 2.75) is 20.1 Å². The Balaban J connectivity index is 1.83. The summed E-state index contributed by atoms with van der Waals surface area (Å²) in [6, 6.07) is 15.3. The Labute approximate surface area is 171 Å². The zero-order valence-corrected chi connectivity index (χ0v) is 17.2. The molecule has 0 aliphatic carbocycles. The Morgan fingerprint density at radius 2 is 1.75 bits per heavy atom. The van der Waals surface area contributed by atoms with Crippen LogP contribution < -0.4 is 9.47 Å². The third-order valence-corrected chi connectivity index (χ3v) is 4.47. The maximum absolute atomic E-state index is 12.2. The van der Waals surface area contributed by atoms with Crippen molar-refractivity contribution in [2.24, 2.45) is 0 Å². The number of benzene rings is 2. The van der Waals surface area contributed by atoms with Gasteiger partial charge in [-0.3, -0.25) is 0 Å². The number of halogens is 1. The molecular formula is C20H20BrN3O4. The molecule has 0 amide bonds. The number of carbonyl (C=O) groups excluding carboxylic acids is 1. The fraction of sp³-hybridized carbons (Fsp3) is 0.250. The third-order valence-electron chi connectivity index (χ3n) is 3.94. The smallest absolute Gasteiger partial charge is 0.364 e. The predicted octanol–water partition coefficient (Wildman–Crippen LogP) is 3.85. The first kappa shape index (κ1) is 19.9. The van der Waals surface area contributed by atoms with Gasteiger partial charge in [-0.1, -0.05) is 45.4 Å². The van der Waals surface area contributed by atoms with Gasteiger partial charge in [0.15, 0.2) is 0 Å². The van der Waals surface area contributed by atoms with Gasteiger partial charge in [0.25, 0.3) is 0 Å². The first-order valence-electron chi connectivity index (χ1n) is 8.71. The summed E-state index contributed by atoms with van der Waals surface area (Å²) >= 11 is 3.41. The Morgan fingerprint density at radius 3 is 2.39 bits per heavy atom. The Kier molecular flexibility index (Phi) is 6.65. The third kappa shape index (κ3) is 4.89. The van der Waals surface area contributed by atoms with Crippen molar-refractivity contribution in [3.63, 3.8) is 0 Å². The highest BCUT2D eigenvalue weighted by Gasteiger charge is 2.23. The second-order valence-corrected chi connectivity index (χ2v) is 6.80. The minimum Gasteiger partial charge on any atom is -0.497 e. The molecule has 28 heavy (non-hydrogen) atoms. The van der Waals surface area contributed by atoms with Crippen LogP contribution in [0, 0.1) is 0 Å². The van der Waals surface area contributed by atoms with E-state index in [0.717, 1.165) is 21.3 Å². The zero-order chi connectivity index (χ0) is 19.9. The summed E-state index contributed by atoms with van der Waals surface area (Å²) in [5.41, 5.74) is 1.98. The molecular weight excluding hydrogens is 426 g/mol. The van der Waals surface area contributed by atoms with Crippen LogP contribution in [0.25, 0.3) is 0 Å². The first-order valence-corrected chi connectivity index (χ1v) is 9.50. The lowest BCUT2D eigenvalue weighted by atomic mass is 10.2. The molecule has 0 unspecified atom stereocenters. The summed E-state index contributed by atoms with van der Waals surface area (Å²) in [6.45, 7) is 2.65. The van der Waals surface area contributed by atoms with E-state index in [9.17, 15) is 4.79 Å². The van der Waals surface area contributed by atoms with Crippen LogP contribution in [-0.4, -0.2) is 34.7 Å². The molecule has 0 spiro atoms. The average molecular weight is 446 g/mol. The van der Waals surface area contributed by atoms with Crippen LogP contribution in [0.4, 0.5) is 0 Å². The summed E-state index contributed by atoms with van der Waals surface area (Å²) in [4.78, 5) is 12.2. The first-order chi connectivity index (χ1) is 13.6. The van der Waals surface area contributed by atoms with E-state index in [2.05, 4.69) is 26.2 Å². The SMILES string of the molecule is CCOC(=O)c1nnn(Cc2ccc(OC)cc2)c1OCc1ccc(Br)cc1. The molecule has 1 aromatic heterocycles. The van der Waals surface area contributed by atoms with Gasteiger partial charge in [-0.15, -0.1) is 5.10 Å². The van der Waals surface area contributed by atoms with E-state index in [1.807, 2.05) is 48.5 Å². The lowest BCUT2D eigenvalue weighted by Crippen LogP contribution is -2.11. The number of ether oxygens (including phenoxy) is 3. The van der Waals surface area contributed by atoms with Crippen LogP contribution in [0.15, 0.2) is 53.0 Å². The second-order valence-electron chi connectivity index (χ2n) is 5.88. The quantitative estimate of drug-likeness (QED) is 0.490. The van der Waals surface area contributed by atoms with Crippen molar-refractivity contribution < 1.29 is 19.0 Å². The number of carbonyl (C=O) groups is 1. The van der Waals surface area contributed by atoms with Crippen molar-refractivity contribution in [3.05, 3.63) is 69.8 Å². The maximum Gasteiger partial charge on any atom is 0.364 e. The van der Waals surface area contributed by atoms with Crippen molar-refractivity contribution in [2.75, 3.05) is 13.7 Å². The van der Waals surface area contributed by atoms with E-state index in [-0.39, 0.29) is 24.8 Å². The fourth-order valence-corrected chi connectivity index (χ4v) is 2.78. The largest absolute Gasteiger partial charge is 0.497 e. The van der Waals surface area contributed by atoms with Gasteiger partial charge in [-0.2, -0.15) is 0 Å². The highest BCUT2D eigenvalue weighted by Crippen LogP contribution is 2.21. The zero-order valence-electron chi connectivity index (χ0n) is 15.6.